The monoisotopic (exact) mass is 270 g/mol. The predicted molar refractivity (Wildman–Crippen MR) is 75.7 cm³/mol. The number of aryl methyl sites for hydroxylation is 1. The molecule has 0 aromatic carbocycles. The van der Waals surface area contributed by atoms with Crippen molar-refractivity contribution in [2.45, 2.75) is 26.2 Å². The molecule has 0 N–H and O–H groups in total. The van der Waals surface area contributed by atoms with Crippen LogP contribution in [0.3, 0.4) is 0 Å². The maximum atomic E-state index is 4.47. The normalized spacial score (nSPS) is 18.7. The van der Waals surface area contributed by atoms with Crippen molar-refractivity contribution in [3.8, 4) is 5.82 Å². The molecular weight excluding hydrogens is 256 g/mol. The van der Waals surface area contributed by atoms with Crippen LogP contribution in [-0.2, 0) is 12.8 Å². The highest BCUT2D eigenvalue weighted by molar-refractivity contribution is 7.18. The van der Waals surface area contributed by atoms with Gasteiger partial charge in [0.1, 0.15) is 23.3 Å². The number of hydrogen-bond acceptors (Lipinski definition) is 4. The molecule has 3 aromatic heterocycles. The highest BCUT2D eigenvalue weighted by Crippen LogP contribution is 2.38. The molecule has 3 heterocycles. The summed E-state index contributed by atoms with van der Waals surface area (Å²) in [6.07, 6.45) is 10.8. The summed E-state index contributed by atoms with van der Waals surface area (Å²) < 4.78 is 1.98. The first-order valence-electron chi connectivity index (χ1n) is 6.56. The van der Waals surface area contributed by atoms with Crippen LogP contribution in [0.2, 0.25) is 0 Å². The second kappa shape index (κ2) is 4.13. The fraction of sp³-hybridized carbons (Fsp3) is 0.357. The van der Waals surface area contributed by atoms with E-state index >= 15 is 0 Å². The zero-order valence-electron chi connectivity index (χ0n) is 10.7. The Bertz CT molecular complexity index is 729. The van der Waals surface area contributed by atoms with Gasteiger partial charge in [-0.05, 0) is 30.7 Å². The molecule has 96 valence electrons. The number of nitrogens with zero attached hydrogens (tertiary/aromatic N) is 4. The lowest BCUT2D eigenvalue weighted by Gasteiger charge is -2.18. The zero-order chi connectivity index (χ0) is 12.8. The highest BCUT2D eigenvalue weighted by Gasteiger charge is 2.23. The van der Waals surface area contributed by atoms with Gasteiger partial charge in [0.15, 0.2) is 0 Å². The fourth-order valence-electron chi connectivity index (χ4n) is 2.84. The number of rotatable bonds is 1. The molecule has 19 heavy (non-hydrogen) atoms. The summed E-state index contributed by atoms with van der Waals surface area (Å²) in [6.45, 7) is 2.33. The summed E-state index contributed by atoms with van der Waals surface area (Å²) in [5, 5.41) is 1.23. The Morgan fingerprint density at radius 3 is 3.16 bits per heavy atom. The lowest BCUT2D eigenvalue weighted by Crippen LogP contribution is -2.09. The quantitative estimate of drug-likeness (QED) is 0.682. The highest BCUT2D eigenvalue weighted by atomic mass is 32.1. The van der Waals surface area contributed by atoms with E-state index < -0.39 is 0 Å². The summed E-state index contributed by atoms with van der Waals surface area (Å²) in [5.74, 6) is 1.75. The topological polar surface area (TPSA) is 43.6 Å². The SMILES string of the molecule is C[C@H]1CCc2c(sc3ncnc(-n4ccnc4)c23)C1. The molecule has 3 aromatic rings. The van der Waals surface area contributed by atoms with Crippen LogP contribution in [0.5, 0.6) is 0 Å². The van der Waals surface area contributed by atoms with Crippen LogP contribution in [0.1, 0.15) is 23.8 Å². The molecule has 0 unspecified atom stereocenters. The van der Waals surface area contributed by atoms with E-state index in [1.807, 2.05) is 22.1 Å². The molecule has 0 saturated heterocycles. The van der Waals surface area contributed by atoms with Gasteiger partial charge in [-0.15, -0.1) is 11.3 Å². The van der Waals surface area contributed by atoms with E-state index in [0.29, 0.717) is 0 Å². The standard InChI is InChI=1S/C14H14N4S/c1-9-2-3-10-11(6-9)19-14-12(10)13(16-7-17-14)18-5-4-15-8-18/h4-5,7-9H,2-3,6H2,1H3/t9-/m0/s1. The Hall–Kier alpha value is -1.75. The minimum atomic E-state index is 0.783. The van der Waals surface area contributed by atoms with Crippen molar-refractivity contribution in [3.05, 3.63) is 35.5 Å². The van der Waals surface area contributed by atoms with Gasteiger partial charge in [-0.3, -0.25) is 4.57 Å². The van der Waals surface area contributed by atoms with E-state index in [9.17, 15) is 0 Å². The van der Waals surface area contributed by atoms with Crippen molar-refractivity contribution in [2.75, 3.05) is 0 Å². The van der Waals surface area contributed by atoms with E-state index in [-0.39, 0.29) is 0 Å². The fourth-order valence-corrected chi connectivity index (χ4v) is 4.18. The van der Waals surface area contributed by atoms with Crippen LogP contribution in [0.4, 0.5) is 0 Å². The van der Waals surface area contributed by atoms with Gasteiger partial charge in [-0.2, -0.15) is 0 Å². The van der Waals surface area contributed by atoms with Crippen molar-refractivity contribution < 1.29 is 0 Å². The number of aromatic nitrogens is 4. The van der Waals surface area contributed by atoms with Crippen LogP contribution in [0.15, 0.2) is 25.0 Å². The largest absolute Gasteiger partial charge is 0.290 e. The van der Waals surface area contributed by atoms with Crippen molar-refractivity contribution in [1.29, 1.82) is 0 Å². The maximum Gasteiger partial charge on any atom is 0.150 e. The van der Waals surface area contributed by atoms with E-state index in [4.69, 9.17) is 0 Å². The molecule has 0 fully saturated rings. The van der Waals surface area contributed by atoms with Crippen molar-refractivity contribution in [2.24, 2.45) is 5.92 Å². The van der Waals surface area contributed by atoms with Crippen LogP contribution in [-0.4, -0.2) is 19.5 Å². The first-order chi connectivity index (χ1) is 9.33. The van der Waals surface area contributed by atoms with Gasteiger partial charge in [-0.1, -0.05) is 6.92 Å². The number of fused-ring (bicyclic) bond motifs is 3. The van der Waals surface area contributed by atoms with Gasteiger partial charge >= 0.3 is 0 Å². The van der Waals surface area contributed by atoms with E-state index in [2.05, 4.69) is 21.9 Å². The summed E-state index contributed by atoms with van der Waals surface area (Å²) in [5.41, 5.74) is 1.46. The van der Waals surface area contributed by atoms with Crippen LogP contribution >= 0.6 is 11.3 Å². The number of hydrogen-bond donors (Lipinski definition) is 0. The third kappa shape index (κ3) is 1.69. The molecule has 1 aliphatic rings. The molecule has 4 rings (SSSR count). The molecular formula is C14H14N4S. The van der Waals surface area contributed by atoms with Gasteiger partial charge in [0.05, 0.1) is 5.39 Å². The molecule has 1 aliphatic carbocycles. The van der Waals surface area contributed by atoms with Crippen molar-refractivity contribution >= 4 is 21.6 Å². The van der Waals surface area contributed by atoms with E-state index in [1.165, 1.54) is 28.7 Å². The van der Waals surface area contributed by atoms with Gasteiger partial charge in [0.2, 0.25) is 0 Å². The predicted octanol–water partition coefficient (Wildman–Crippen LogP) is 3.00. The lowest BCUT2D eigenvalue weighted by molar-refractivity contribution is 0.509. The zero-order valence-corrected chi connectivity index (χ0v) is 11.5. The first kappa shape index (κ1) is 11.1. The smallest absolute Gasteiger partial charge is 0.150 e. The molecule has 5 heteroatoms. The van der Waals surface area contributed by atoms with Crippen LogP contribution in [0, 0.1) is 5.92 Å². The van der Waals surface area contributed by atoms with Crippen LogP contribution < -0.4 is 0 Å². The third-order valence-electron chi connectivity index (χ3n) is 3.82. The molecule has 0 amide bonds. The van der Waals surface area contributed by atoms with Gasteiger partial charge in [-0.25, -0.2) is 15.0 Å². The molecule has 0 aliphatic heterocycles. The van der Waals surface area contributed by atoms with Crippen LogP contribution in [0.25, 0.3) is 16.0 Å². The van der Waals surface area contributed by atoms with Gasteiger partial charge in [0.25, 0.3) is 0 Å². The molecule has 4 nitrogen and oxygen atoms in total. The van der Waals surface area contributed by atoms with Gasteiger partial charge in [0, 0.05) is 17.3 Å². The Morgan fingerprint density at radius 2 is 2.32 bits per heavy atom. The van der Waals surface area contributed by atoms with Crippen molar-refractivity contribution in [3.63, 3.8) is 0 Å². The minimum Gasteiger partial charge on any atom is -0.290 e. The lowest BCUT2D eigenvalue weighted by atomic mass is 9.89. The summed E-state index contributed by atoms with van der Waals surface area (Å²) >= 11 is 1.83. The number of thiophene rings is 1. The molecule has 0 spiro atoms. The third-order valence-corrected chi connectivity index (χ3v) is 4.98. The van der Waals surface area contributed by atoms with Gasteiger partial charge < -0.3 is 0 Å². The van der Waals surface area contributed by atoms with E-state index in [0.717, 1.165) is 23.0 Å². The Balaban J connectivity index is 2.00. The molecule has 1 atom stereocenters. The second-order valence-corrected chi connectivity index (χ2v) is 6.28. The Kier molecular flexibility index (Phi) is 2.41. The maximum absolute atomic E-state index is 4.47. The Labute approximate surface area is 115 Å². The summed E-state index contributed by atoms with van der Waals surface area (Å²) in [4.78, 5) is 15.6. The summed E-state index contributed by atoms with van der Waals surface area (Å²) in [6, 6.07) is 0. The molecule has 0 saturated carbocycles. The van der Waals surface area contributed by atoms with Crippen molar-refractivity contribution in [1.82, 2.24) is 19.5 Å². The minimum absolute atomic E-state index is 0.783. The Morgan fingerprint density at radius 1 is 1.37 bits per heavy atom. The van der Waals surface area contributed by atoms with E-state index in [1.54, 1.807) is 18.9 Å². The molecule has 0 bridgehead atoms. The average molecular weight is 270 g/mol. The first-order valence-corrected chi connectivity index (χ1v) is 7.38. The average Bonchev–Trinajstić information content (AvgIpc) is 3.04. The second-order valence-electron chi connectivity index (χ2n) is 5.20. The molecule has 0 radical (unpaired) electrons. The summed E-state index contributed by atoms with van der Waals surface area (Å²) in [7, 11) is 0. The number of imidazole rings is 1.